The van der Waals surface area contributed by atoms with Gasteiger partial charge in [0.2, 0.25) is 5.91 Å². The van der Waals surface area contributed by atoms with Gasteiger partial charge in [0.15, 0.2) is 5.96 Å². The summed E-state index contributed by atoms with van der Waals surface area (Å²) in [6, 6.07) is 8.29. The van der Waals surface area contributed by atoms with Crippen molar-refractivity contribution in [3.05, 3.63) is 29.8 Å². The van der Waals surface area contributed by atoms with Gasteiger partial charge in [0, 0.05) is 66.0 Å². The molecule has 0 atom stereocenters. The van der Waals surface area contributed by atoms with E-state index >= 15 is 0 Å². The van der Waals surface area contributed by atoms with E-state index in [1.165, 1.54) is 0 Å². The molecule has 2 rings (SSSR count). The van der Waals surface area contributed by atoms with Crippen molar-refractivity contribution in [3.63, 3.8) is 0 Å². The Bertz CT molecular complexity index is 679. The molecule has 1 saturated heterocycles. The van der Waals surface area contributed by atoms with Crippen LogP contribution in [-0.2, 0) is 16.1 Å². The molecule has 0 unspecified atom stereocenters. The molecule has 1 amide bonds. The van der Waals surface area contributed by atoms with Gasteiger partial charge in [-0.25, -0.2) is 0 Å². The van der Waals surface area contributed by atoms with E-state index in [0.717, 1.165) is 49.9 Å². The fourth-order valence-electron chi connectivity index (χ4n) is 3.34. The van der Waals surface area contributed by atoms with Crippen LogP contribution < -0.4 is 15.4 Å². The van der Waals surface area contributed by atoms with E-state index in [0.29, 0.717) is 26.3 Å². The predicted octanol–water partition coefficient (Wildman–Crippen LogP) is 1.94. The zero-order chi connectivity index (χ0) is 21.8. The second kappa shape index (κ2) is 15.3. The van der Waals surface area contributed by atoms with E-state index in [-0.39, 0.29) is 35.9 Å². The molecule has 0 aliphatic carbocycles. The first kappa shape index (κ1) is 27.4. The molecule has 2 N–H and O–H groups in total. The van der Waals surface area contributed by atoms with Crippen molar-refractivity contribution in [1.82, 2.24) is 20.4 Å². The number of carbonyl (C=O) groups excluding carboxylic acids is 1. The van der Waals surface area contributed by atoms with Crippen molar-refractivity contribution in [2.45, 2.75) is 32.9 Å². The van der Waals surface area contributed by atoms with Gasteiger partial charge in [-0.15, -0.1) is 24.0 Å². The van der Waals surface area contributed by atoms with E-state index in [4.69, 9.17) is 9.47 Å². The minimum absolute atomic E-state index is 0. The zero-order valence-corrected chi connectivity index (χ0v) is 21.6. The van der Waals surface area contributed by atoms with Crippen molar-refractivity contribution in [3.8, 4) is 5.75 Å². The molecule has 1 fully saturated rings. The summed E-state index contributed by atoms with van der Waals surface area (Å²) in [5, 5.41) is 6.39. The second-order valence-corrected chi connectivity index (χ2v) is 7.73. The highest BCUT2D eigenvalue weighted by atomic mass is 127. The molecular weight excluding hydrogens is 509 g/mol. The van der Waals surface area contributed by atoms with Gasteiger partial charge in [-0.2, -0.15) is 0 Å². The van der Waals surface area contributed by atoms with Crippen molar-refractivity contribution in [2.24, 2.45) is 4.99 Å². The molecular formula is C22H38IN5O3. The average molecular weight is 547 g/mol. The maximum atomic E-state index is 12.0. The zero-order valence-electron chi connectivity index (χ0n) is 19.2. The Morgan fingerprint density at radius 3 is 2.58 bits per heavy atom. The van der Waals surface area contributed by atoms with Crippen LogP contribution in [0.3, 0.4) is 0 Å². The van der Waals surface area contributed by atoms with Crippen molar-refractivity contribution in [2.75, 3.05) is 60.1 Å². The quantitative estimate of drug-likeness (QED) is 0.202. The molecule has 1 aliphatic heterocycles. The van der Waals surface area contributed by atoms with Crippen molar-refractivity contribution in [1.29, 1.82) is 0 Å². The number of guanidine groups is 1. The van der Waals surface area contributed by atoms with Gasteiger partial charge in [-0.05, 0) is 31.5 Å². The molecule has 0 radical (unpaired) electrons. The molecule has 0 aromatic heterocycles. The summed E-state index contributed by atoms with van der Waals surface area (Å²) in [5.74, 6) is 1.84. The van der Waals surface area contributed by atoms with Crippen LogP contribution in [0, 0.1) is 0 Å². The summed E-state index contributed by atoms with van der Waals surface area (Å²) in [5.41, 5.74) is 1.14. The van der Waals surface area contributed by atoms with Crippen LogP contribution in [-0.4, -0.2) is 87.8 Å². The second-order valence-electron chi connectivity index (χ2n) is 7.73. The summed E-state index contributed by atoms with van der Waals surface area (Å²) in [4.78, 5) is 20.8. The smallest absolute Gasteiger partial charge is 0.234 e. The number of nitrogens with zero attached hydrogens (tertiary/aromatic N) is 3. The highest BCUT2D eigenvalue weighted by Gasteiger charge is 2.21. The van der Waals surface area contributed by atoms with Gasteiger partial charge in [-0.3, -0.25) is 14.7 Å². The number of hydrogen-bond acceptors (Lipinski definition) is 5. The Morgan fingerprint density at radius 1 is 1.19 bits per heavy atom. The summed E-state index contributed by atoms with van der Waals surface area (Å²) in [6.45, 7) is 9.82. The van der Waals surface area contributed by atoms with Crippen molar-refractivity contribution < 1.29 is 14.3 Å². The molecule has 1 heterocycles. The number of piperazine rings is 1. The highest BCUT2D eigenvalue weighted by molar-refractivity contribution is 14.0. The fraction of sp³-hybridized carbons (Fsp3) is 0.636. The van der Waals surface area contributed by atoms with Gasteiger partial charge in [-0.1, -0.05) is 12.1 Å². The number of carbonyl (C=O) groups is 1. The first-order chi connectivity index (χ1) is 14.5. The van der Waals surface area contributed by atoms with Crippen LogP contribution in [0.25, 0.3) is 0 Å². The molecule has 1 aromatic rings. The van der Waals surface area contributed by atoms with Crippen molar-refractivity contribution >= 4 is 35.8 Å². The number of aliphatic imine (C=N–C) groups is 1. The van der Waals surface area contributed by atoms with E-state index in [1.807, 2.05) is 26.0 Å². The van der Waals surface area contributed by atoms with Gasteiger partial charge < -0.3 is 25.0 Å². The summed E-state index contributed by atoms with van der Waals surface area (Å²) < 4.78 is 10.8. The number of ether oxygens (including phenoxy) is 2. The number of halogens is 1. The van der Waals surface area contributed by atoms with Crippen LogP contribution in [0.4, 0.5) is 0 Å². The Labute approximate surface area is 203 Å². The fourth-order valence-corrected chi connectivity index (χ4v) is 3.34. The average Bonchev–Trinajstić information content (AvgIpc) is 2.72. The number of hydrogen-bond donors (Lipinski definition) is 2. The van der Waals surface area contributed by atoms with Gasteiger partial charge in [0.05, 0.1) is 13.2 Å². The molecule has 8 nitrogen and oxygen atoms in total. The number of rotatable bonds is 10. The summed E-state index contributed by atoms with van der Waals surface area (Å²) >= 11 is 0. The molecule has 0 saturated carbocycles. The molecule has 9 heteroatoms. The highest BCUT2D eigenvalue weighted by Crippen LogP contribution is 2.14. The SMILES string of the molecule is CN=C(NCc1cccc(OCCCOC)c1)N1CCN(CC(=O)NC(C)C)CC1.I. The van der Waals surface area contributed by atoms with Gasteiger partial charge >= 0.3 is 0 Å². The standard InChI is InChI=1S/C22H37N5O3.HI/c1-18(2)25-21(28)17-26-9-11-27(12-10-26)22(23-3)24-16-19-7-5-8-20(15-19)30-14-6-13-29-4;/h5,7-8,15,18H,6,9-14,16-17H2,1-4H3,(H,23,24)(H,25,28);1H. The van der Waals surface area contributed by atoms with E-state index in [9.17, 15) is 4.79 Å². The minimum Gasteiger partial charge on any atom is -0.493 e. The third-order valence-electron chi connectivity index (χ3n) is 4.81. The molecule has 1 aromatic carbocycles. The predicted molar refractivity (Wildman–Crippen MR) is 135 cm³/mol. The summed E-state index contributed by atoms with van der Waals surface area (Å²) in [7, 11) is 3.50. The lowest BCUT2D eigenvalue weighted by Gasteiger charge is -2.36. The maximum Gasteiger partial charge on any atom is 0.234 e. The Balaban J connectivity index is 0.00000480. The first-order valence-corrected chi connectivity index (χ1v) is 10.7. The maximum absolute atomic E-state index is 12.0. The van der Waals surface area contributed by atoms with Crippen LogP contribution in [0.1, 0.15) is 25.8 Å². The Kier molecular flexibility index (Phi) is 13.5. The monoisotopic (exact) mass is 547 g/mol. The lowest BCUT2D eigenvalue weighted by atomic mass is 10.2. The number of benzene rings is 1. The van der Waals surface area contributed by atoms with Crippen LogP contribution >= 0.6 is 24.0 Å². The molecule has 0 spiro atoms. The third-order valence-corrected chi connectivity index (χ3v) is 4.81. The van der Waals surface area contributed by atoms with Crippen LogP contribution in [0.5, 0.6) is 5.75 Å². The van der Waals surface area contributed by atoms with E-state index < -0.39 is 0 Å². The lowest BCUT2D eigenvalue weighted by Crippen LogP contribution is -2.54. The molecule has 0 bridgehead atoms. The number of methoxy groups -OCH3 is 1. The third kappa shape index (κ3) is 10.5. The van der Waals surface area contributed by atoms with Crippen LogP contribution in [0.2, 0.25) is 0 Å². The Morgan fingerprint density at radius 2 is 1.94 bits per heavy atom. The molecule has 1 aliphatic rings. The largest absolute Gasteiger partial charge is 0.493 e. The minimum atomic E-state index is 0. The van der Waals surface area contributed by atoms with E-state index in [1.54, 1.807) is 14.2 Å². The molecule has 176 valence electrons. The number of amides is 1. The van der Waals surface area contributed by atoms with Gasteiger partial charge in [0.25, 0.3) is 0 Å². The normalized spacial score (nSPS) is 14.9. The van der Waals surface area contributed by atoms with Crippen LogP contribution in [0.15, 0.2) is 29.3 Å². The number of nitrogens with one attached hydrogen (secondary N) is 2. The molecule has 31 heavy (non-hydrogen) atoms. The van der Waals surface area contributed by atoms with Gasteiger partial charge in [0.1, 0.15) is 5.75 Å². The lowest BCUT2D eigenvalue weighted by molar-refractivity contribution is -0.123. The Hall–Kier alpha value is -1.59. The van der Waals surface area contributed by atoms with E-state index in [2.05, 4.69) is 37.6 Å². The topological polar surface area (TPSA) is 78.4 Å². The summed E-state index contributed by atoms with van der Waals surface area (Å²) in [6.07, 6.45) is 0.872. The first-order valence-electron chi connectivity index (χ1n) is 10.7.